The van der Waals surface area contributed by atoms with Gasteiger partial charge in [-0.2, -0.15) is 0 Å². The van der Waals surface area contributed by atoms with E-state index in [1.807, 2.05) is 0 Å². The molecule has 35 heavy (non-hydrogen) atoms. The zero-order chi connectivity index (χ0) is 25.1. The molecule has 8 nitrogen and oxygen atoms in total. The molecular formula is C25H19ClN3O5S-. The Labute approximate surface area is 209 Å². The Bertz CT molecular complexity index is 1520. The second-order valence-corrected chi connectivity index (χ2v) is 8.87. The number of halogens is 1. The van der Waals surface area contributed by atoms with Gasteiger partial charge in [-0.15, -0.1) is 0 Å². The fourth-order valence-electron chi connectivity index (χ4n) is 3.43. The van der Waals surface area contributed by atoms with Crippen molar-refractivity contribution in [3.8, 4) is 11.4 Å². The van der Waals surface area contributed by atoms with Gasteiger partial charge in [0.05, 0.1) is 40.4 Å². The van der Waals surface area contributed by atoms with Crippen LogP contribution in [0.2, 0.25) is 5.02 Å². The first-order valence-electron chi connectivity index (χ1n) is 10.4. The number of para-hydroxylation sites is 1. The number of nitrogens with one attached hydrogen (secondary N) is 1. The van der Waals surface area contributed by atoms with Gasteiger partial charge < -0.3 is 20.0 Å². The summed E-state index contributed by atoms with van der Waals surface area (Å²) in [7, 11) is 1.49. The molecule has 0 unspecified atom stereocenters. The molecule has 4 rings (SSSR count). The van der Waals surface area contributed by atoms with E-state index in [-0.39, 0.29) is 16.9 Å². The van der Waals surface area contributed by atoms with Gasteiger partial charge in [0, 0.05) is 5.69 Å². The molecule has 3 aromatic carbocycles. The molecule has 1 amide bonds. The predicted molar refractivity (Wildman–Crippen MR) is 134 cm³/mol. The van der Waals surface area contributed by atoms with Gasteiger partial charge in [-0.3, -0.25) is 14.2 Å². The van der Waals surface area contributed by atoms with Crippen LogP contribution in [0.5, 0.6) is 5.75 Å². The lowest BCUT2D eigenvalue weighted by Crippen LogP contribution is -2.24. The average Bonchev–Trinajstić information content (AvgIpc) is 2.84. The van der Waals surface area contributed by atoms with Crippen LogP contribution in [0.25, 0.3) is 16.6 Å². The lowest BCUT2D eigenvalue weighted by molar-refractivity contribution is -0.255. The average molecular weight is 509 g/mol. The van der Waals surface area contributed by atoms with Gasteiger partial charge in [0.15, 0.2) is 5.16 Å². The molecule has 0 aliphatic carbocycles. The second-order valence-electron chi connectivity index (χ2n) is 7.52. The van der Waals surface area contributed by atoms with Crippen LogP contribution >= 0.6 is 23.4 Å². The molecule has 0 atom stereocenters. The first-order valence-corrected chi connectivity index (χ1v) is 11.7. The molecule has 0 radical (unpaired) electrons. The molecule has 0 fully saturated rings. The minimum atomic E-state index is -1.34. The minimum Gasteiger partial charge on any atom is -0.545 e. The van der Waals surface area contributed by atoms with Crippen LogP contribution < -0.4 is 20.7 Å². The highest BCUT2D eigenvalue weighted by Gasteiger charge is 2.16. The van der Waals surface area contributed by atoms with E-state index in [0.717, 1.165) is 11.8 Å². The van der Waals surface area contributed by atoms with E-state index in [0.29, 0.717) is 43.8 Å². The van der Waals surface area contributed by atoms with E-state index in [9.17, 15) is 19.5 Å². The third-order valence-corrected chi connectivity index (χ3v) is 6.45. The first kappa shape index (κ1) is 24.3. The largest absolute Gasteiger partial charge is 0.545 e. The van der Waals surface area contributed by atoms with Crippen molar-refractivity contribution in [2.45, 2.75) is 12.1 Å². The molecule has 0 saturated heterocycles. The summed E-state index contributed by atoms with van der Waals surface area (Å²) in [4.78, 5) is 41.8. The van der Waals surface area contributed by atoms with Crippen LogP contribution in [0, 0.1) is 6.92 Å². The molecule has 1 N–H and O–H groups in total. The quantitative estimate of drug-likeness (QED) is 0.300. The van der Waals surface area contributed by atoms with Crippen LogP contribution in [0.4, 0.5) is 5.69 Å². The number of fused-ring (bicyclic) bond motifs is 1. The maximum Gasteiger partial charge on any atom is 0.266 e. The molecule has 0 aliphatic rings. The number of hydrogen-bond acceptors (Lipinski definition) is 7. The van der Waals surface area contributed by atoms with E-state index in [1.54, 1.807) is 55.5 Å². The smallest absolute Gasteiger partial charge is 0.266 e. The Hall–Kier alpha value is -3.82. The van der Waals surface area contributed by atoms with Gasteiger partial charge in [-0.25, -0.2) is 4.98 Å². The lowest BCUT2D eigenvalue weighted by atomic mass is 10.1. The maximum atomic E-state index is 13.4. The minimum absolute atomic E-state index is 0.0417. The highest BCUT2D eigenvalue weighted by atomic mass is 35.5. The number of hydrogen-bond donors (Lipinski definition) is 1. The number of ether oxygens (including phenoxy) is 1. The standard InChI is InChI=1S/C25H20ClN3O5S/c1-14-7-8-15(24(32)33)11-20(14)27-22(30)13-35-25-28-19-6-4-3-5-17(19)23(31)29(25)16-9-10-21(34-2)18(26)12-16/h3-12H,13H2,1-2H3,(H,27,30)(H,32,33)/p-1. The zero-order valence-corrected chi connectivity index (χ0v) is 20.3. The molecule has 178 valence electrons. The predicted octanol–water partition coefficient (Wildman–Crippen LogP) is 3.45. The number of amides is 1. The van der Waals surface area contributed by atoms with Gasteiger partial charge in [-0.05, 0) is 54.4 Å². The van der Waals surface area contributed by atoms with Crippen molar-refractivity contribution in [3.05, 3.63) is 87.2 Å². The molecule has 1 aromatic heterocycles. The summed E-state index contributed by atoms with van der Waals surface area (Å²) >= 11 is 7.36. The molecular weight excluding hydrogens is 490 g/mol. The van der Waals surface area contributed by atoms with Crippen molar-refractivity contribution < 1.29 is 19.4 Å². The number of nitrogens with zero attached hydrogens (tertiary/aromatic N) is 2. The summed E-state index contributed by atoms with van der Waals surface area (Å²) < 4.78 is 6.60. The third-order valence-electron chi connectivity index (χ3n) is 5.22. The van der Waals surface area contributed by atoms with Crippen LogP contribution in [0.3, 0.4) is 0 Å². The van der Waals surface area contributed by atoms with Crippen molar-refractivity contribution in [2.24, 2.45) is 0 Å². The molecule has 10 heteroatoms. The highest BCUT2D eigenvalue weighted by molar-refractivity contribution is 7.99. The van der Waals surface area contributed by atoms with Crippen LogP contribution in [0.1, 0.15) is 15.9 Å². The SMILES string of the molecule is COc1ccc(-n2c(SCC(=O)Nc3cc(C(=O)[O-])ccc3C)nc3ccccc3c2=O)cc1Cl. The Balaban J connectivity index is 1.67. The topological polar surface area (TPSA) is 113 Å². The highest BCUT2D eigenvalue weighted by Crippen LogP contribution is 2.29. The summed E-state index contributed by atoms with van der Waals surface area (Å²) in [6.07, 6.45) is 0. The molecule has 1 heterocycles. The number of rotatable bonds is 7. The van der Waals surface area contributed by atoms with Gasteiger partial charge >= 0.3 is 0 Å². The van der Waals surface area contributed by atoms with E-state index >= 15 is 0 Å². The van der Waals surface area contributed by atoms with Crippen molar-refractivity contribution in [1.29, 1.82) is 0 Å². The number of thioether (sulfide) groups is 1. The van der Waals surface area contributed by atoms with Crippen LogP contribution in [-0.4, -0.2) is 34.3 Å². The molecule has 0 aliphatic heterocycles. The Morgan fingerprint density at radius 1 is 1.14 bits per heavy atom. The number of carboxylic acid groups (broad SMARTS) is 1. The summed E-state index contributed by atoms with van der Waals surface area (Å²) in [5.74, 6) is -1.35. The number of methoxy groups -OCH3 is 1. The van der Waals surface area contributed by atoms with E-state index in [1.165, 1.54) is 23.8 Å². The zero-order valence-electron chi connectivity index (χ0n) is 18.7. The molecule has 0 saturated carbocycles. The fraction of sp³-hybridized carbons (Fsp3) is 0.120. The number of carboxylic acids is 1. The molecule has 4 aromatic rings. The van der Waals surface area contributed by atoms with Crippen molar-refractivity contribution >= 4 is 51.8 Å². The second kappa shape index (κ2) is 10.2. The Morgan fingerprint density at radius 3 is 2.63 bits per heavy atom. The normalized spacial score (nSPS) is 10.8. The van der Waals surface area contributed by atoms with Gasteiger partial charge in [-0.1, -0.05) is 47.6 Å². The summed E-state index contributed by atoms with van der Waals surface area (Å²) in [6.45, 7) is 1.75. The number of aromatic carboxylic acids is 1. The Kier molecular flexibility index (Phi) is 7.09. The first-order chi connectivity index (χ1) is 16.8. The van der Waals surface area contributed by atoms with Gasteiger partial charge in [0.2, 0.25) is 5.91 Å². The fourth-order valence-corrected chi connectivity index (χ4v) is 4.50. The number of aromatic nitrogens is 2. The van der Waals surface area contributed by atoms with Crippen LogP contribution in [0.15, 0.2) is 70.6 Å². The van der Waals surface area contributed by atoms with E-state index in [4.69, 9.17) is 16.3 Å². The van der Waals surface area contributed by atoms with E-state index in [2.05, 4.69) is 10.3 Å². The number of anilines is 1. The summed E-state index contributed by atoms with van der Waals surface area (Å²) in [5, 5.41) is 14.9. The maximum absolute atomic E-state index is 13.4. The lowest BCUT2D eigenvalue weighted by Gasteiger charge is -2.15. The Morgan fingerprint density at radius 2 is 1.91 bits per heavy atom. The summed E-state index contributed by atoms with van der Waals surface area (Å²) in [5.41, 5.74) is 1.68. The van der Waals surface area contributed by atoms with Crippen molar-refractivity contribution in [2.75, 3.05) is 18.2 Å². The third kappa shape index (κ3) is 5.16. The van der Waals surface area contributed by atoms with Crippen LogP contribution in [-0.2, 0) is 4.79 Å². The van der Waals surface area contributed by atoms with Crippen molar-refractivity contribution in [3.63, 3.8) is 0 Å². The van der Waals surface area contributed by atoms with Gasteiger partial charge in [0.25, 0.3) is 5.56 Å². The van der Waals surface area contributed by atoms with Gasteiger partial charge in [0.1, 0.15) is 5.75 Å². The van der Waals surface area contributed by atoms with E-state index < -0.39 is 11.9 Å². The number of aryl methyl sites for hydroxylation is 1. The monoisotopic (exact) mass is 508 g/mol. The molecule has 0 spiro atoms. The summed E-state index contributed by atoms with van der Waals surface area (Å²) in [6, 6.07) is 16.2. The number of benzene rings is 3. The molecule has 0 bridgehead atoms. The number of carbonyl (C=O) groups excluding carboxylic acids is 2. The number of carbonyl (C=O) groups is 2. The van der Waals surface area contributed by atoms with Crippen molar-refractivity contribution in [1.82, 2.24) is 9.55 Å².